The first-order chi connectivity index (χ1) is 16.4. The molecule has 0 spiro atoms. The third-order valence-electron chi connectivity index (χ3n) is 5.93. The Morgan fingerprint density at radius 2 is 1.79 bits per heavy atom. The largest absolute Gasteiger partial charge is 0.486 e. The summed E-state index contributed by atoms with van der Waals surface area (Å²) in [4.78, 5) is 17.4. The van der Waals surface area contributed by atoms with Gasteiger partial charge >= 0.3 is 0 Å². The summed E-state index contributed by atoms with van der Waals surface area (Å²) < 4.78 is 43.8. The number of aromatic nitrogens is 2. The Morgan fingerprint density at radius 3 is 2.53 bits per heavy atom. The van der Waals surface area contributed by atoms with Crippen molar-refractivity contribution in [3.05, 3.63) is 48.4 Å². The van der Waals surface area contributed by atoms with Crippen LogP contribution in [0.5, 0.6) is 11.5 Å². The van der Waals surface area contributed by atoms with Crippen molar-refractivity contribution in [2.24, 2.45) is 5.92 Å². The molecule has 3 aromatic rings. The number of benzene rings is 2. The summed E-state index contributed by atoms with van der Waals surface area (Å²) in [5.74, 6) is 1.32. The van der Waals surface area contributed by atoms with E-state index >= 15 is 0 Å². The molecule has 178 valence electrons. The third kappa shape index (κ3) is 4.36. The first-order valence-corrected chi connectivity index (χ1v) is 12.5. The molecule has 0 saturated carbocycles. The number of ether oxygens (including phenoxy) is 2. The van der Waals surface area contributed by atoms with Crippen LogP contribution in [0.15, 0.2) is 51.9 Å². The molecule has 2 aliphatic heterocycles. The lowest BCUT2D eigenvalue weighted by Crippen LogP contribution is -2.41. The molecule has 1 amide bonds. The van der Waals surface area contributed by atoms with Crippen LogP contribution in [-0.4, -0.2) is 55.1 Å². The molecular formula is C23H24N4O6S. The minimum atomic E-state index is -3.70. The highest BCUT2D eigenvalue weighted by Gasteiger charge is 2.33. The fraction of sp³-hybridized carbons (Fsp3) is 0.348. The number of fused-ring (bicyclic) bond motifs is 1. The quantitative estimate of drug-likeness (QED) is 0.586. The average molecular weight is 485 g/mol. The van der Waals surface area contributed by atoms with Gasteiger partial charge in [0, 0.05) is 37.6 Å². The molecule has 1 N–H and O–H groups in total. The highest BCUT2D eigenvalue weighted by atomic mass is 32.2. The Bertz CT molecular complexity index is 1310. The van der Waals surface area contributed by atoms with Gasteiger partial charge in [-0.3, -0.25) is 4.79 Å². The molecule has 0 aliphatic carbocycles. The van der Waals surface area contributed by atoms with Crippen molar-refractivity contribution in [1.29, 1.82) is 0 Å². The van der Waals surface area contributed by atoms with Crippen molar-refractivity contribution in [2.45, 2.75) is 24.7 Å². The van der Waals surface area contributed by atoms with Crippen LogP contribution in [0.25, 0.3) is 11.4 Å². The number of piperidine rings is 1. The number of para-hydroxylation sites is 1. The number of anilines is 1. The number of carbonyl (C=O) groups excluding carboxylic acids is 1. The van der Waals surface area contributed by atoms with Crippen LogP contribution in [0.2, 0.25) is 0 Å². The number of hydrogen-bond donors (Lipinski definition) is 1. The molecule has 0 atom stereocenters. The standard InChI is InChI=1S/C23H24N4O6S/c1-15-24-22(26-33-15)18-4-2-3-5-19(18)25-23(28)16-8-10-27(11-9-16)34(29,30)17-6-7-20-21(14-17)32-13-12-31-20/h2-7,14,16H,8-13H2,1H3,(H,25,28). The topological polar surface area (TPSA) is 124 Å². The molecule has 5 rings (SSSR count). The van der Waals surface area contributed by atoms with E-state index in [1.54, 1.807) is 19.1 Å². The lowest BCUT2D eigenvalue weighted by molar-refractivity contribution is -0.120. The summed E-state index contributed by atoms with van der Waals surface area (Å²) in [6.45, 7) is 3.02. The summed E-state index contributed by atoms with van der Waals surface area (Å²) in [5, 5.41) is 6.88. The van der Waals surface area contributed by atoms with Crippen molar-refractivity contribution in [3.8, 4) is 22.9 Å². The normalized spacial score (nSPS) is 16.9. The molecule has 3 heterocycles. The van der Waals surface area contributed by atoms with Crippen LogP contribution in [0.1, 0.15) is 18.7 Å². The molecule has 1 saturated heterocycles. The summed E-state index contributed by atoms with van der Waals surface area (Å²) in [5.41, 5.74) is 1.24. The van der Waals surface area contributed by atoms with Gasteiger partial charge < -0.3 is 19.3 Å². The zero-order valence-electron chi connectivity index (χ0n) is 18.6. The number of rotatable bonds is 5. The molecule has 2 aliphatic rings. The smallest absolute Gasteiger partial charge is 0.243 e. The van der Waals surface area contributed by atoms with Gasteiger partial charge in [-0.25, -0.2) is 8.42 Å². The van der Waals surface area contributed by atoms with E-state index in [2.05, 4.69) is 15.5 Å². The van der Waals surface area contributed by atoms with Crippen molar-refractivity contribution < 1.29 is 27.2 Å². The number of amides is 1. The maximum Gasteiger partial charge on any atom is 0.243 e. The van der Waals surface area contributed by atoms with E-state index in [1.807, 2.05) is 18.2 Å². The zero-order valence-corrected chi connectivity index (χ0v) is 19.4. The number of aryl methyl sites for hydroxylation is 1. The predicted octanol–water partition coefficient (Wildman–Crippen LogP) is 2.86. The Balaban J connectivity index is 1.25. The zero-order chi connectivity index (χ0) is 23.7. The summed E-state index contributed by atoms with van der Waals surface area (Å²) >= 11 is 0. The SMILES string of the molecule is Cc1nc(-c2ccccc2NC(=O)C2CCN(S(=O)(=O)c3ccc4c(c3)OCCO4)CC2)no1. The monoisotopic (exact) mass is 484 g/mol. The first kappa shape index (κ1) is 22.4. The first-order valence-electron chi connectivity index (χ1n) is 11.0. The van der Waals surface area contributed by atoms with Crippen LogP contribution >= 0.6 is 0 Å². The van der Waals surface area contributed by atoms with Crippen LogP contribution in [-0.2, 0) is 14.8 Å². The van der Waals surface area contributed by atoms with E-state index in [0.717, 1.165) is 0 Å². The van der Waals surface area contributed by atoms with E-state index in [4.69, 9.17) is 14.0 Å². The second-order valence-electron chi connectivity index (χ2n) is 8.16. The Kier molecular flexibility index (Phi) is 5.96. The summed E-state index contributed by atoms with van der Waals surface area (Å²) in [7, 11) is -3.70. The highest BCUT2D eigenvalue weighted by Crippen LogP contribution is 2.34. The average Bonchev–Trinajstić information content (AvgIpc) is 3.30. The van der Waals surface area contributed by atoms with E-state index in [0.29, 0.717) is 60.5 Å². The van der Waals surface area contributed by atoms with Gasteiger partial charge in [-0.1, -0.05) is 17.3 Å². The fourth-order valence-corrected chi connectivity index (χ4v) is 5.61. The number of nitrogens with one attached hydrogen (secondary N) is 1. The number of hydrogen-bond acceptors (Lipinski definition) is 8. The van der Waals surface area contributed by atoms with Crippen LogP contribution in [0, 0.1) is 12.8 Å². The van der Waals surface area contributed by atoms with Crippen molar-refractivity contribution in [3.63, 3.8) is 0 Å². The van der Waals surface area contributed by atoms with Gasteiger partial charge in [-0.2, -0.15) is 9.29 Å². The van der Waals surface area contributed by atoms with Crippen LogP contribution in [0.3, 0.4) is 0 Å². The molecular weight excluding hydrogens is 460 g/mol. The molecule has 0 unspecified atom stereocenters. The van der Waals surface area contributed by atoms with E-state index in [9.17, 15) is 13.2 Å². The van der Waals surface area contributed by atoms with E-state index in [1.165, 1.54) is 16.4 Å². The molecule has 1 fully saturated rings. The van der Waals surface area contributed by atoms with Crippen LogP contribution < -0.4 is 14.8 Å². The predicted molar refractivity (Wildman–Crippen MR) is 122 cm³/mol. The lowest BCUT2D eigenvalue weighted by Gasteiger charge is -2.31. The second-order valence-corrected chi connectivity index (χ2v) is 10.1. The number of sulfonamides is 1. The van der Waals surface area contributed by atoms with E-state index < -0.39 is 10.0 Å². The molecule has 11 heteroatoms. The molecule has 0 bridgehead atoms. The van der Waals surface area contributed by atoms with Gasteiger partial charge in [0.2, 0.25) is 27.6 Å². The van der Waals surface area contributed by atoms with Gasteiger partial charge in [0.15, 0.2) is 11.5 Å². The van der Waals surface area contributed by atoms with Crippen molar-refractivity contribution in [2.75, 3.05) is 31.6 Å². The van der Waals surface area contributed by atoms with Gasteiger partial charge in [-0.15, -0.1) is 0 Å². The molecule has 34 heavy (non-hydrogen) atoms. The lowest BCUT2D eigenvalue weighted by atomic mass is 9.97. The van der Waals surface area contributed by atoms with Gasteiger partial charge in [-0.05, 0) is 37.1 Å². The second kappa shape index (κ2) is 9.07. The Labute approximate surface area is 196 Å². The summed E-state index contributed by atoms with van der Waals surface area (Å²) in [6, 6.07) is 11.9. The molecule has 2 aromatic carbocycles. The molecule has 10 nitrogen and oxygen atoms in total. The molecule has 1 aromatic heterocycles. The van der Waals surface area contributed by atoms with Crippen molar-refractivity contribution >= 4 is 21.6 Å². The highest BCUT2D eigenvalue weighted by molar-refractivity contribution is 7.89. The van der Waals surface area contributed by atoms with E-state index in [-0.39, 0.29) is 29.8 Å². The Morgan fingerprint density at radius 1 is 1.06 bits per heavy atom. The van der Waals surface area contributed by atoms with Crippen molar-refractivity contribution in [1.82, 2.24) is 14.4 Å². The maximum absolute atomic E-state index is 13.2. The third-order valence-corrected chi connectivity index (χ3v) is 7.82. The number of nitrogens with zero attached hydrogens (tertiary/aromatic N) is 3. The van der Waals surface area contributed by atoms with Crippen LogP contribution in [0.4, 0.5) is 5.69 Å². The Hall–Kier alpha value is -3.44. The summed E-state index contributed by atoms with van der Waals surface area (Å²) in [6.07, 6.45) is 0.832. The minimum Gasteiger partial charge on any atom is -0.486 e. The number of carbonyl (C=O) groups is 1. The van der Waals surface area contributed by atoms with Gasteiger partial charge in [0.25, 0.3) is 0 Å². The van der Waals surface area contributed by atoms with Gasteiger partial charge in [0.1, 0.15) is 13.2 Å². The minimum absolute atomic E-state index is 0.156. The fourth-order valence-electron chi connectivity index (χ4n) is 4.12. The maximum atomic E-state index is 13.2. The van der Waals surface area contributed by atoms with Gasteiger partial charge in [0.05, 0.1) is 10.6 Å². The molecule has 0 radical (unpaired) electrons.